The van der Waals surface area contributed by atoms with Crippen molar-refractivity contribution in [2.24, 2.45) is 5.73 Å². The van der Waals surface area contributed by atoms with Gasteiger partial charge in [-0.05, 0) is 51.0 Å². The maximum atomic E-state index is 14.1. The highest BCUT2D eigenvalue weighted by Crippen LogP contribution is 2.22. The molecule has 0 unspecified atom stereocenters. The highest BCUT2D eigenvalue weighted by atomic mass is 35.5. The third-order valence-electron chi connectivity index (χ3n) is 4.34. The summed E-state index contributed by atoms with van der Waals surface area (Å²) in [5.41, 5.74) is 6.97. The normalized spacial score (nSPS) is 13.8. The molecule has 0 aliphatic carbocycles. The molecule has 2 rings (SSSR count). The zero-order valence-electron chi connectivity index (χ0n) is 16.9. The van der Waals surface area contributed by atoms with Gasteiger partial charge in [0.2, 0.25) is 0 Å². The second-order valence-corrected chi connectivity index (χ2v) is 8.31. The number of nitrogens with zero attached hydrogens (tertiary/aromatic N) is 1. The topological polar surface area (TPSA) is 77.2 Å². The Balaban J connectivity index is 2.20. The zero-order valence-corrected chi connectivity index (χ0v) is 17.7. The molecule has 1 aromatic carbocycles. The van der Waals surface area contributed by atoms with Gasteiger partial charge in [-0.3, -0.25) is 9.78 Å². The van der Waals surface area contributed by atoms with E-state index in [1.54, 1.807) is 18.3 Å². The van der Waals surface area contributed by atoms with Gasteiger partial charge < -0.3 is 15.8 Å². The van der Waals surface area contributed by atoms with Gasteiger partial charge in [-0.15, -0.1) is 0 Å². The maximum absolute atomic E-state index is 14.1. The lowest BCUT2D eigenvalue weighted by atomic mass is 9.96. The molecule has 0 spiro atoms. The molecular formula is C21H26ClF2N3O2. The van der Waals surface area contributed by atoms with Gasteiger partial charge in [0.15, 0.2) is 0 Å². The Bertz CT molecular complexity index is 871. The van der Waals surface area contributed by atoms with E-state index in [-0.39, 0.29) is 29.3 Å². The van der Waals surface area contributed by atoms with E-state index in [1.165, 1.54) is 13.2 Å². The number of hydrogen-bond donors (Lipinski definition) is 2. The van der Waals surface area contributed by atoms with Crippen LogP contribution in [0.4, 0.5) is 8.78 Å². The summed E-state index contributed by atoms with van der Waals surface area (Å²) >= 11 is 5.75. The Morgan fingerprint density at radius 1 is 1.28 bits per heavy atom. The minimum atomic E-state index is -0.826. The minimum Gasteiger partial charge on any atom is -0.379 e. The van der Waals surface area contributed by atoms with Gasteiger partial charge >= 0.3 is 0 Å². The number of halogens is 3. The molecule has 8 heteroatoms. The molecule has 0 saturated carbocycles. The molecule has 2 atom stereocenters. The molecule has 1 aromatic heterocycles. The fraction of sp³-hybridized carbons (Fsp3) is 0.429. The van der Waals surface area contributed by atoms with E-state index in [0.29, 0.717) is 11.3 Å². The van der Waals surface area contributed by atoms with Crippen LogP contribution in [0.5, 0.6) is 0 Å². The van der Waals surface area contributed by atoms with Crippen LogP contribution < -0.4 is 11.1 Å². The number of ether oxygens (including phenoxy) is 1. The number of rotatable bonds is 7. The molecule has 1 amide bonds. The first-order valence-electron chi connectivity index (χ1n) is 9.20. The molecule has 0 saturated heterocycles. The Kier molecular flexibility index (Phi) is 7.68. The molecular weight excluding hydrogens is 400 g/mol. The van der Waals surface area contributed by atoms with Crippen LogP contribution in [0.2, 0.25) is 5.02 Å². The van der Waals surface area contributed by atoms with E-state index in [2.05, 4.69) is 10.3 Å². The highest BCUT2D eigenvalue weighted by Gasteiger charge is 2.25. The van der Waals surface area contributed by atoms with Crippen molar-refractivity contribution in [2.75, 3.05) is 7.11 Å². The fourth-order valence-electron chi connectivity index (χ4n) is 2.92. The summed E-state index contributed by atoms with van der Waals surface area (Å²) < 4.78 is 32.9. The summed E-state index contributed by atoms with van der Waals surface area (Å²) in [6.07, 6.45) is 1.37. The molecule has 1 heterocycles. The van der Waals surface area contributed by atoms with Crippen LogP contribution in [0.25, 0.3) is 0 Å². The summed E-state index contributed by atoms with van der Waals surface area (Å²) in [7, 11) is 1.48. The number of aromatic nitrogens is 1. The van der Waals surface area contributed by atoms with Crippen molar-refractivity contribution in [3.63, 3.8) is 0 Å². The van der Waals surface area contributed by atoms with Crippen LogP contribution in [0.1, 0.15) is 42.4 Å². The number of nitrogens with two attached hydrogens (primary N) is 1. The summed E-state index contributed by atoms with van der Waals surface area (Å²) in [5, 5.41) is 2.73. The first-order chi connectivity index (χ1) is 13.5. The Morgan fingerprint density at radius 3 is 2.59 bits per heavy atom. The van der Waals surface area contributed by atoms with Gasteiger partial charge in [-0.1, -0.05) is 11.6 Å². The van der Waals surface area contributed by atoms with Crippen LogP contribution >= 0.6 is 11.6 Å². The maximum Gasteiger partial charge on any atom is 0.253 e. The van der Waals surface area contributed by atoms with Crippen molar-refractivity contribution in [3.8, 4) is 0 Å². The van der Waals surface area contributed by atoms with Crippen molar-refractivity contribution in [3.05, 3.63) is 63.9 Å². The van der Waals surface area contributed by atoms with Crippen molar-refractivity contribution >= 4 is 17.5 Å². The number of pyridine rings is 1. The van der Waals surface area contributed by atoms with Gasteiger partial charge in [-0.2, -0.15) is 0 Å². The van der Waals surface area contributed by atoms with Crippen molar-refractivity contribution < 1.29 is 18.3 Å². The molecule has 0 radical (unpaired) electrons. The van der Waals surface area contributed by atoms with Gasteiger partial charge in [0.05, 0.1) is 22.4 Å². The lowest BCUT2D eigenvalue weighted by Gasteiger charge is -2.25. The Labute approximate surface area is 174 Å². The number of carbonyl (C=O) groups excluding carboxylic acids is 1. The number of hydrogen-bond acceptors (Lipinski definition) is 4. The second kappa shape index (κ2) is 9.61. The number of benzene rings is 1. The van der Waals surface area contributed by atoms with E-state index in [1.807, 2.05) is 20.8 Å². The number of nitrogens with one attached hydrogen (secondary N) is 1. The average Bonchev–Trinajstić information content (AvgIpc) is 2.62. The monoisotopic (exact) mass is 425 g/mol. The molecule has 0 aliphatic heterocycles. The van der Waals surface area contributed by atoms with Gasteiger partial charge in [0, 0.05) is 37.4 Å². The van der Waals surface area contributed by atoms with Crippen molar-refractivity contribution in [1.82, 2.24) is 10.3 Å². The van der Waals surface area contributed by atoms with Gasteiger partial charge in [0.1, 0.15) is 11.6 Å². The molecule has 158 valence electrons. The smallest absolute Gasteiger partial charge is 0.253 e. The molecule has 0 fully saturated rings. The van der Waals surface area contributed by atoms with Crippen LogP contribution in [0.3, 0.4) is 0 Å². The van der Waals surface area contributed by atoms with Crippen LogP contribution in [-0.2, 0) is 17.6 Å². The molecule has 0 aliphatic rings. The zero-order chi connectivity index (χ0) is 21.8. The van der Waals surface area contributed by atoms with Crippen molar-refractivity contribution in [2.45, 2.75) is 51.3 Å². The summed E-state index contributed by atoms with van der Waals surface area (Å²) in [6, 6.07) is 4.69. The number of carbonyl (C=O) groups is 1. The van der Waals surface area contributed by atoms with Crippen molar-refractivity contribution in [1.29, 1.82) is 0 Å². The molecule has 5 nitrogen and oxygen atoms in total. The third kappa shape index (κ3) is 6.45. The summed E-state index contributed by atoms with van der Waals surface area (Å²) in [6.45, 7) is 5.66. The highest BCUT2D eigenvalue weighted by molar-refractivity contribution is 6.30. The summed E-state index contributed by atoms with van der Waals surface area (Å²) in [5.74, 6) is -1.80. The first kappa shape index (κ1) is 23.2. The molecule has 3 N–H and O–H groups in total. The lowest BCUT2D eigenvalue weighted by Crippen LogP contribution is -2.42. The van der Waals surface area contributed by atoms with Crippen LogP contribution in [0.15, 0.2) is 30.5 Å². The Morgan fingerprint density at radius 2 is 1.97 bits per heavy atom. The van der Waals surface area contributed by atoms with E-state index in [4.69, 9.17) is 22.1 Å². The van der Waals surface area contributed by atoms with Crippen LogP contribution in [-0.4, -0.2) is 35.7 Å². The van der Waals surface area contributed by atoms with E-state index < -0.39 is 29.3 Å². The fourth-order valence-corrected chi connectivity index (χ4v) is 3.11. The number of methoxy groups -OCH3 is 1. The van der Waals surface area contributed by atoms with E-state index in [0.717, 1.165) is 6.07 Å². The second-order valence-electron chi connectivity index (χ2n) is 7.91. The molecule has 2 aromatic rings. The summed E-state index contributed by atoms with van der Waals surface area (Å²) in [4.78, 5) is 16.9. The quantitative estimate of drug-likeness (QED) is 0.663. The Hall–Kier alpha value is -2.09. The average molecular weight is 426 g/mol. The number of amides is 1. The SMILES string of the molecule is CO[C@@H](Cc1ncccc1C(=O)NC(C)(C)C)[C@H](N)Cc1cc(Cl)c(F)cc1F. The first-order valence-corrected chi connectivity index (χ1v) is 9.58. The minimum absolute atomic E-state index is 0.0840. The predicted molar refractivity (Wildman–Crippen MR) is 109 cm³/mol. The predicted octanol–water partition coefficient (Wildman–Crippen LogP) is 3.67. The van der Waals surface area contributed by atoms with Gasteiger partial charge in [-0.25, -0.2) is 8.78 Å². The lowest BCUT2D eigenvalue weighted by molar-refractivity contribution is 0.0787. The largest absolute Gasteiger partial charge is 0.379 e. The standard InChI is InChI=1S/C21H26ClF2N3O2/c1-21(2,3)27-20(28)13-6-5-7-26-18(13)11-19(29-4)17(25)9-12-8-14(22)16(24)10-15(12)23/h5-8,10,17,19H,9,11,25H2,1-4H3,(H,27,28)/t17-,19+/m1/s1. The van der Waals surface area contributed by atoms with E-state index in [9.17, 15) is 13.6 Å². The molecule has 0 bridgehead atoms. The van der Waals surface area contributed by atoms with Crippen LogP contribution in [0, 0.1) is 11.6 Å². The third-order valence-corrected chi connectivity index (χ3v) is 4.63. The van der Waals surface area contributed by atoms with E-state index >= 15 is 0 Å². The van der Waals surface area contributed by atoms with Gasteiger partial charge in [0.25, 0.3) is 5.91 Å². The molecule has 29 heavy (non-hydrogen) atoms.